The molecule has 2 aliphatic rings. The van der Waals surface area contributed by atoms with Crippen LogP contribution in [0.1, 0.15) is 48.8 Å². The molecule has 1 aromatic carbocycles. The van der Waals surface area contributed by atoms with Crippen LogP contribution in [-0.2, 0) is 19.3 Å². The number of benzene rings is 1. The third-order valence-corrected chi connectivity index (χ3v) is 4.97. The van der Waals surface area contributed by atoms with Crippen molar-refractivity contribution in [2.24, 2.45) is 5.92 Å². The second kappa shape index (κ2) is 6.62. The van der Waals surface area contributed by atoms with E-state index < -0.39 is 0 Å². The molecule has 1 N–H and O–H groups in total. The minimum atomic E-state index is 0.785. The highest BCUT2D eigenvalue weighted by Gasteiger charge is 2.20. The Morgan fingerprint density at radius 3 is 2.85 bits per heavy atom. The van der Waals surface area contributed by atoms with Gasteiger partial charge in [-0.15, -0.1) is 0 Å². The van der Waals surface area contributed by atoms with Crippen molar-refractivity contribution in [1.29, 1.82) is 0 Å². The molecule has 1 heterocycles. The first-order valence-electron chi connectivity index (χ1n) is 8.27. The van der Waals surface area contributed by atoms with Gasteiger partial charge in [0.2, 0.25) is 0 Å². The fourth-order valence-electron chi connectivity index (χ4n) is 3.86. The van der Waals surface area contributed by atoms with Crippen LogP contribution in [0.2, 0.25) is 0 Å². The Bertz CT molecular complexity index is 449. The summed E-state index contributed by atoms with van der Waals surface area (Å²) in [4.78, 5) is 0. The van der Waals surface area contributed by atoms with E-state index in [-0.39, 0.29) is 0 Å². The van der Waals surface area contributed by atoms with Crippen molar-refractivity contribution in [3.8, 4) is 5.75 Å². The highest BCUT2D eigenvalue weighted by molar-refractivity contribution is 5.46. The van der Waals surface area contributed by atoms with Gasteiger partial charge in [0, 0.05) is 0 Å². The molecule has 0 bridgehead atoms. The van der Waals surface area contributed by atoms with E-state index in [9.17, 15) is 0 Å². The Labute approximate surface area is 122 Å². The fraction of sp³-hybridized carbons (Fsp3) is 0.667. The molecule has 20 heavy (non-hydrogen) atoms. The lowest BCUT2D eigenvalue weighted by Gasteiger charge is -2.25. The molecule has 0 spiro atoms. The quantitative estimate of drug-likeness (QED) is 0.851. The van der Waals surface area contributed by atoms with Crippen LogP contribution in [0.4, 0.5) is 0 Å². The van der Waals surface area contributed by atoms with Crippen LogP contribution >= 0.6 is 0 Å². The van der Waals surface area contributed by atoms with Crippen LogP contribution in [0, 0.1) is 5.92 Å². The molecule has 3 rings (SSSR count). The van der Waals surface area contributed by atoms with Gasteiger partial charge < -0.3 is 10.1 Å². The topological polar surface area (TPSA) is 21.3 Å². The number of hydrogen-bond donors (Lipinski definition) is 1. The van der Waals surface area contributed by atoms with E-state index >= 15 is 0 Å². The van der Waals surface area contributed by atoms with Gasteiger partial charge in [-0.3, -0.25) is 0 Å². The molecule has 0 radical (unpaired) electrons. The van der Waals surface area contributed by atoms with E-state index in [0.717, 1.165) is 11.7 Å². The van der Waals surface area contributed by atoms with Gasteiger partial charge in [0.1, 0.15) is 5.75 Å². The molecule has 0 saturated carbocycles. The first kappa shape index (κ1) is 13.9. The van der Waals surface area contributed by atoms with Crippen molar-refractivity contribution < 1.29 is 4.74 Å². The molecular weight excluding hydrogens is 246 g/mol. The molecule has 2 heteroatoms. The highest BCUT2D eigenvalue weighted by Crippen LogP contribution is 2.33. The van der Waals surface area contributed by atoms with E-state index in [1.165, 1.54) is 70.0 Å². The largest absolute Gasteiger partial charge is 0.496 e. The monoisotopic (exact) mass is 273 g/mol. The molecule has 2 nitrogen and oxygen atoms in total. The van der Waals surface area contributed by atoms with Crippen LogP contribution in [-0.4, -0.2) is 20.2 Å². The summed E-state index contributed by atoms with van der Waals surface area (Å²) in [5, 5.41) is 3.54. The molecule has 110 valence electrons. The van der Waals surface area contributed by atoms with Crippen LogP contribution in [0.25, 0.3) is 0 Å². The average Bonchev–Trinajstić information content (AvgIpc) is 2.74. The summed E-state index contributed by atoms with van der Waals surface area (Å²) < 4.78 is 5.67. The summed E-state index contributed by atoms with van der Waals surface area (Å²) in [6, 6.07) is 4.51. The first-order chi connectivity index (χ1) is 9.88. The predicted molar refractivity (Wildman–Crippen MR) is 83.6 cm³/mol. The van der Waals surface area contributed by atoms with Gasteiger partial charge >= 0.3 is 0 Å². The summed E-state index contributed by atoms with van der Waals surface area (Å²) in [5.41, 5.74) is 4.72. The van der Waals surface area contributed by atoms with Crippen LogP contribution in [0.15, 0.2) is 12.1 Å². The number of methoxy groups -OCH3 is 1. The van der Waals surface area contributed by atoms with Crippen LogP contribution < -0.4 is 10.1 Å². The average molecular weight is 273 g/mol. The summed E-state index contributed by atoms with van der Waals surface area (Å²) >= 11 is 0. The van der Waals surface area contributed by atoms with Gasteiger partial charge in [-0.1, -0.05) is 12.5 Å². The zero-order valence-corrected chi connectivity index (χ0v) is 12.7. The lowest BCUT2D eigenvalue weighted by molar-refractivity contribution is 0.363. The number of ether oxygens (including phenoxy) is 1. The maximum Gasteiger partial charge on any atom is 0.122 e. The van der Waals surface area contributed by atoms with Crippen molar-refractivity contribution in [3.05, 3.63) is 28.8 Å². The zero-order chi connectivity index (χ0) is 13.8. The maximum atomic E-state index is 5.67. The Hall–Kier alpha value is -1.02. The number of rotatable bonds is 3. The van der Waals surface area contributed by atoms with E-state index in [0.29, 0.717) is 0 Å². The Morgan fingerprint density at radius 2 is 2.05 bits per heavy atom. The number of aryl methyl sites for hydroxylation is 1. The molecule has 0 amide bonds. The minimum Gasteiger partial charge on any atom is -0.496 e. The molecule has 1 aliphatic heterocycles. The van der Waals surface area contributed by atoms with Crippen molar-refractivity contribution in [2.45, 2.75) is 51.4 Å². The Morgan fingerprint density at radius 1 is 1.15 bits per heavy atom. The molecule has 0 aromatic heterocycles. The first-order valence-corrected chi connectivity index (χ1v) is 8.27. The number of nitrogens with one attached hydrogen (secondary N) is 1. The van der Waals surface area contributed by atoms with E-state index in [1.54, 1.807) is 11.1 Å². The molecule has 1 aromatic rings. The summed E-state index contributed by atoms with van der Waals surface area (Å²) in [7, 11) is 1.82. The van der Waals surface area contributed by atoms with Crippen LogP contribution in [0.3, 0.4) is 0 Å². The number of hydrogen-bond acceptors (Lipinski definition) is 2. The molecule has 1 saturated heterocycles. The van der Waals surface area contributed by atoms with Crippen LogP contribution in [0.5, 0.6) is 5.75 Å². The second-order valence-corrected chi connectivity index (χ2v) is 6.36. The van der Waals surface area contributed by atoms with Crippen molar-refractivity contribution in [2.75, 3.05) is 20.2 Å². The van der Waals surface area contributed by atoms with E-state index in [4.69, 9.17) is 4.74 Å². The minimum absolute atomic E-state index is 0.785. The Kier molecular flexibility index (Phi) is 4.62. The van der Waals surface area contributed by atoms with Crippen molar-refractivity contribution in [1.82, 2.24) is 5.32 Å². The highest BCUT2D eigenvalue weighted by atomic mass is 16.5. The SMILES string of the molecule is COc1ccc2c(c1CC1CCCNC1)CCCCC2. The summed E-state index contributed by atoms with van der Waals surface area (Å²) in [6.45, 7) is 2.37. The predicted octanol–water partition coefficient (Wildman–Crippen LogP) is 3.51. The molecule has 1 aliphatic carbocycles. The molecule has 1 atom stereocenters. The third kappa shape index (κ3) is 3.01. The second-order valence-electron chi connectivity index (χ2n) is 6.36. The van der Waals surface area contributed by atoms with E-state index in [2.05, 4.69) is 17.4 Å². The normalized spacial score (nSPS) is 22.9. The lowest BCUT2D eigenvalue weighted by atomic mass is 9.87. The number of fused-ring (bicyclic) bond motifs is 1. The number of piperidine rings is 1. The van der Waals surface area contributed by atoms with Gasteiger partial charge in [-0.2, -0.15) is 0 Å². The maximum absolute atomic E-state index is 5.67. The Balaban J connectivity index is 1.89. The summed E-state index contributed by atoms with van der Waals surface area (Å²) in [6.07, 6.45) is 10.5. The van der Waals surface area contributed by atoms with Gasteiger partial charge in [0.15, 0.2) is 0 Å². The lowest BCUT2D eigenvalue weighted by Crippen LogP contribution is -2.31. The molecule has 1 unspecified atom stereocenters. The van der Waals surface area contributed by atoms with Gasteiger partial charge in [-0.05, 0) is 86.7 Å². The smallest absolute Gasteiger partial charge is 0.122 e. The van der Waals surface area contributed by atoms with Crippen molar-refractivity contribution >= 4 is 0 Å². The standard InChI is InChI=1S/C18H27NO/c1-20-18-10-9-15-7-3-2-4-8-16(15)17(18)12-14-6-5-11-19-13-14/h9-10,14,19H,2-8,11-13H2,1H3. The molecular formula is C18H27NO. The van der Waals surface area contributed by atoms with Crippen molar-refractivity contribution in [3.63, 3.8) is 0 Å². The van der Waals surface area contributed by atoms with E-state index in [1.807, 2.05) is 7.11 Å². The molecule has 1 fully saturated rings. The van der Waals surface area contributed by atoms with Gasteiger partial charge in [0.25, 0.3) is 0 Å². The zero-order valence-electron chi connectivity index (χ0n) is 12.7. The van der Waals surface area contributed by atoms with Gasteiger partial charge in [0.05, 0.1) is 7.11 Å². The fourth-order valence-corrected chi connectivity index (χ4v) is 3.86. The third-order valence-electron chi connectivity index (χ3n) is 4.97. The summed E-state index contributed by atoms with van der Waals surface area (Å²) in [5.74, 6) is 1.91. The van der Waals surface area contributed by atoms with Gasteiger partial charge in [-0.25, -0.2) is 0 Å².